The van der Waals surface area contributed by atoms with E-state index in [9.17, 15) is 18.0 Å². The largest absolute Gasteiger partial charge is 0.440 e. The molecule has 2 aromatic carbocycles. The zero-order valence-corrected chi connectivity index (χ0v) is 20.9. The predicted octanol–water partition coefficient (Wildman–Crippen LogP) is 4.31. The molecular formula is C24H20ClN5O5S. The maximum atomic E-state index is 13.1. The third-order valence-corrected chi connectivity index (χ3v) is 7.28. The van der Waals surface area contributed by atoms with E-state index in [0.29, 0.717) is 27.6 Å². The fourth-order valence-corrected chi connectivity index (χ4v) is 5.30. The maximum Gasteiger partial charge on any atom is 0.315 e. The summed E-state index contributed by atoms with van der Waals surface area (Å²) in [6, 6.07) is 11.8. The number of aromatic nitrogens is 4. The topological polar surface area (TPSA) is 151 Å². The van der Waals surface area contributed by atoms with Crippen LogP contribution < -0.4 is 15.8 Å². The van der Waals surface area contributed by atoms with E-state index in [1.807, 2.05) is 32.0 Å². The molecular weight excluding hydrogens is 506 g/mol. The van der Waals surface area contributed by atoms with Crippen molar-refractivity contribution in [2.24, 2.45) is 0 Å². The number of halogens is 1. The lowest BCUT2D eigenvalue weighted by Crippen LogP contribution is -2.29. The van der Waals surface area contributed by atoms with Crippen LogP contribution in [-0.2, 0) is 10.0 Å². The molecule has 0 saturated carbocycles. The highest BCUT2D eigenvalue weighted by Crippen LogP contribution is 2.33. The molecule has 184 valence electrons. The molecule has 3 N–H and O–H groups in total. The van der Waals surface area contributed by atoms with Crippen LogP contribution in [0.25, 0.3) is 33.4 Å². The summed E-state index contributed by atoms with van der Waals surface area (Å²) in [5.41, 5.74) is 1.76. The number of sulfonamides is 1. The molecule has 0 fully saturated rings. The summed E-state index contributed by atoms with van der Waals surface area (Å²) in [7, 11) is -4.14. The first kappa shape index (κ1) is 23.8. The van der Waals surface area contributed by atoms with Crippen LogP contribution in [0.2, 0.25) is 5.02 Å². The number of hydrogen-bond acceptors (Lipinski definition) is 7. The molecule has 0 aliphatic heterocycles. The Balaban J connectivity index is 1.47. The minimum absolute atomic E-state index is 0.0529. The molecule has 0 atom stereocenters. The van der Waals surface area contributed by atoms with Gasteiger partial charge in [0.2, 0.25) is 0 Å². The average Bonchev–Trinajstić information content (AvgIpc) is 3.23. The number of hydrogen-bond donors (Lipinski definition) is 3. The number of aromatic amines is 2. The summed E-state index contributed by atoms with van der Waals surface area (Å²) in [5.74, 6) is 0.797. The number of pyridine rings is 1. The van der Waals surface area contributed by atoms with E-state index in [4.69, 9.17) is 16.0 Å². The van der Waals surface area contributed by atoms with Crippen LogP contribution in [0.1, 0.15) is 31.2 Å². The standard InChI is InChI=1S/C24H20ClN5O5S/c1-11(2)23-27-17-9-13(4-7-19(17)35-23)15-6-5-14(10-16(15)25)30-36(33,34)24-12(3)8-18-20(29-24)28-22(32)21(31)26-18/h4-11,30H,1-3H3,(H,26,31)(H,28,29,32). The van der Waals surface area contributed by atoms with Crippen molar-refractivity contribution in [2.45, 2.75) is 31.7 Å². The van der Waals surface area contributed by atoms with Gasteiger partial charge in [0, 0.05) is 11.5 Å². The molecule has 0 spiro atoms. The van der Waals surface area contributed by atoms with Crippen LogP contribution in [0.4, 0.5) is 5.69 Å². The van der Waals surface area contributed by atoms with Crippen molar-refractivity contribution in [3.05, 3.63) is 79.6 Å². The normalized spacial score (nSPS) is 12.0. The van der Waals surface area contributed by atoms with Crippen LogP contribution in [0, 0.1) is 6.92 Å². The van der Waals surface area contributed by atoms with Gasteiger partial charge in [0.25, 0.3) is 10.0 Å². The van der Waals surface area contributed by atoms with E-state index in [0.717, 1.165) is 5.56 Å². The first-order chi connectivity index (χ1) is 17.0. The van der Waals surface area contributed by atoms with Gasteiger partial charge >= 0.3 is 11.1 Å². The highest BCUT2D eigenvalue weighted by molar-refractivity contribution is 7.92. The van der Waals surface area contributed by atoms with Crippen molar-refractivity contribution in [1.29, 1.82) is 0 Å². The Kier molecular flexibility index (Phi) is 5.68. The Labute approximate surface area is 209 Å². The summed E-state index contributed by atoms with van der Waals surface area (Å²) in [5, 5.41) is 0.0302. The van der Waals surface area contributed by atoms with Gasteiger partial charge < -0.3 is 14.4 Å². The summed E-state index contributed by atoms with van der Waals surface area (Å²) < 4.78 is 34.4. The van der Waals surface area contributed by atoms with Crippen LogP contribution >= 0.6 is 11.6 Å². The quantitative estimate of drug-likeness (QED) is 0.289. The zero-order chi connectivity index (χ0) is 25.8. The highest BCUT2D eigenvalue weighted by atomic mass is 35.5. The second-order valence-corrected chi connectivity index (χ2v) is 10.6. The van der Waals surface area contributed by atoms with Gasteiger partial charge in [0.05, 0.1) is 16.2 Å². The Morgan fingerprint density at radius 1 is 1.00 bits per heavy atom. The van der Waals surface area contributed by atoms with Crippen molar-refractivity contribution >= 4 is 49.6 Å². The molecule has 3 aromatic heterocycles. The van der Waals surface area contributed by atoms with E-state index in [2.05, 4.69) is 24.7 Å². The molecule has 5 rings (SSSR count). The van der Waals surface area contributed by atoms with E-state index < -0.39 is 21.1 Å². The highest BCUT2D eigenvalue weighted by Gasteiger charge is 2.21. The molecule has 0 radical (unpaired) electrons. The lowest BCUT2D eigenvalue weighted by molar-refractivity contribution is 0.501. The Hall–Kier alpha value is -3.96. The van der Waals surface area contributed by atoms with Gasteiger partial charge in [-0.1, -0.05) is 37.6 Å². The molecule has 5 aromatic rings. The number of anilines is 1. The second kappa shape index (κ2) is 8.61. The van der Waals surface area contributed by atoms with E-state index in [1.54, 1.807) is 12.1 Å². The number of nitrogens with one attached hydrogen (secondary N) is 3. The number of benzene rings is 2. The van der Waals surface area contributed by atoms with Gasteiger partial charge in [-0.05, 0) is 48.4 Å². The van der Waals surface area contributed by atoms with Gasteiger partial charge in [-0.15, -0.1) is 0 Å². The number of nitrogens with zero attached hydrogens (tertiary/aromatic N) is 2. The fraction of sp³-hybridized carbons (Fsp3) is 0.167. The molecule has 0 saturated heterocycles. The SMILES string of the molecule is Cc1cc2[nH]c(=O)c(=O)[nH]c2nc1S(=O)(=O)Nc1ccc(-c2ccc3oc(C(C)C)nc3c2)c(Cl)c1. The number of oxazole rings is 1. The monoisotopic (exact) mass is 525 g/mol. The molecule has 36 heavy (non-hydrogen) atoms. The van der Waals surface area contributed by atoms with E-state index >= 15 is 0 Å². The van der Waals surface area contributed by atoms with E-state index in [1.165, 1.54) is 19.1 Å². The van der Waals surface area contributed by atoms with Crippen molar-refractivity contribution in [1.82, 2.24) is 19.9 Å². The van der Waals surface area contributed by atoms with Crippen molar-refractivity contribution < 1.29 is 12.8 Å². The molecule has 0 unspecified atom stereocenters. The first-order valence-electron chi connectivity index (χ1n) is 10.9. The van der Waals surface area contributed by atoms with Gasteiger partial charge in [-0.25, -0.2) is 9.97 Å². The van der Waals surface area contributed by atoms with Crippen molar-refractivity contribution in [3.63, 3.8) is 0 Å². The summed E-state index contributed by atoms with van der Waals surface area (Å²) in [6.45, 7) is 5.53. The third kappa shape index (κ3) is 4.27. The second-order valence-electron chi connectivity index (χ2n) is 8.60. The Bertz CT molecular complexity index is 1890. The summed E-state index contributed by atoms with van der Waals surface area (Å²) in [4.78, 5) is 36.4. The summed E-state index contributed by atoms with van der Waals surface area (Å²) >= 11 is 6.52. The molecule has 12 heteroatoms. The Morgan fingerprint density at radius 2 is 1.75 bits per heavy atom. The van der Waals surface area contributed by atoms with Crippen LogP contribution in [-0.4, -0.2) is 28.4 Å². The van der Waals surface area contributed by atoms with E-state index in [-0.39, 0.29) is 33.4 Å². The molecule has 3 heterocycles. The molecule has 0 aliphatic rings. The lowest BCUT2D eigenvalue weighted by atomic mass is 10.0. The molecule has 0 bridgehead atoms. The van der Waals surface area contributed by atoms with Crippen LogP contribution in [0.5, 0.6) is 0 Å². The van der Waals surface area contributed by atoms with Gasteiger partial charge in [0.1, 0.15) is 5.52 Å². The van der Waals surface area contributed by atoms with Gasteiger partial charge in [-0.3, -0.25) is 14.3 Å². The minimum Gasteiger partial charge on any atom is -0.440 e. The van der Waals surface area contributed by atoms with Crippen LogP contribution in [0.3, 0.4) is 0 Å². The number of aryl methyl sites for hydroxylation is 1. The smallest absolute Gasteiger partial charge is 0.315 e. The average molecular weight is 526 g/mol. The minimum atomic E-state index is -4.14. The number of fused-ring (bicyclic) bond motifs is 2. The zero-order valence-electron chi connectivity index (χ0n) is 19.3. The number of H-pyrrole nitrogens is 2. The molecule has 0 aliphatic carbocycles. The first-order valence-corrected chi connectivity index (χ1v) is 12.7. The third-order valence-electron chi connectivity index (χ3n) is 5.54. The Morgan fingerprint density at radius 3 is 2.47 bits per heavy atom. The molecule has 0 amide bonds. The summed E-state index contributed by atoms with van der Waals surface area (Å²) in [6.07, 6.45) is 0. The fourth-order valence-electron chi connectivity index (χ4n) is 3.78. The lowest BCUT2D eigenvalue weighted by Gasteiger charge is -2.12. The van der Waals surface area contributed by atoms with Gasteiger partial charge in [0.15, 0.2) is 22.1 Å². The number of rotatable bonds is 5. The van der Waals surface area contributed by atoms with Gasteiger partial charge in [-0.2, -0.15) is 8.42 Å². The van der Waals surface area contributed by atoms with Crippen molar-refractivity contribution in [3.8, 4) is 11.1 Å². The maximum absolute atomic E-state index is 13.1. The molecule has 10 nitrogen and oxygen atoms in total. The predicted molar refractivity (Wildman–Crippen MR) is 137 cm³/mol. The van der Waals surface area contributed by atoms with Crippen molar-refractivity contribution in [2.75, 3.05) is 4.72 Å². The van der Waals surface area contributed by atoms with Crippen LogP contribution in [0.15, 0.2) is 61.5 Å².